The summed E-state index contributed by atoms with van der Waals surface area (Å²) < 4.78 is 39.3. The third kappa shape index (κ3) is 4.61. The molecular weight excluding hydrogens is 303 g/mol. The van der Waals surface area contributed by atoms with Crippen molar-refractivity contribution in [3.8, 4) is 0 Å². The summed E-state index contributed by atoms with van der Waals surface area (Å²) in [7, 11) is -3.41. The van der Waals surface area contributed by atoms with Crippen LogP contribution in [-0.2, 0) is 22.2 Å². The molecule has 2 aromatic rings. The van der Waals surface area contributed by atoms with Gasteiger partial charge in [-0.3, -0.25) is 4.98 Å². The van der Waals surface area contributed by atoms with Crippen LogP contribution in [0.3, 0.4) is 0 Å². The first kappa shape index (κ1) is 16.6. The van der Waals surface area contributed by atoms with Crippen molar-refractivity contribution < 1.29 is 12.8 Å². The number of aromatic nitrogens is 1. The molecule has 1 aromatic heterocycles. The van der Waals surface area contributed by atoms with E-state index in [2.05, 4.69) is 4.98 Å². The molecule has 4 nitrogen and oxygen atoms in total. The van der Waals surface area contributed by atoms with Gasteiger partial charge in [-0.15, -0.1) is 0 Å². The first-order valence-corrected chi connectivity index (χ1v) is 8.73. The van der Waals surface area contributed by atoms with Gasteiger partial charge in [-0.1, -0.05) is 19.1 Å². The molecule has 2 rings (SSSR count). The Morgan fingerprint density at radius 3 is 2.27 bits per heavy atom. The lowest BCUT2D eigenvalue weighted by Gasteiger charge is -2.20. The normalized spacial score (nSPS) is 11.8. The number of hydrogen-bond acceptors (Lipinski definition) is 3. The van der Waals surface area contributed by atoms with E-state index in [9.17, 15) is 12.8 Å². The van der Waals surface area contributed by atoms with Crippen LogP contribution in [0.4, 0.5) is 4.39 Å². The zero-order valence-electron chi connectivity index (χ0n) is 12.4. The average molecular weight is 322 g/mol. The molecule has 0 amide bonds. The molecule has 0 unspecified atom stereocenters. The van der Waals surface area contributed by atoms with Crippen LogP contribution in [-0.4, -0.2) is 30.8 Å². The van der Waals surface area contributed by atoms with E-state index in [1.807, 2.05) is 19.1 Å². The van der Waals surface area contributed by atoms with Gasteiger partial charge in [-0.2, -0.15) is 0 Å². The van der Waals surface area contributed by atoms with Crippen molar-refractivity contribution in [1.82, 2.24) is 9.29 Å². The number of nitrogens with zero attached hydrogens (tertiary/aromatic N) is 2. The molecule has 1 heterocycles. The third-order valence-electron chi connectivity index (χ3n) is 3.41. The summed E-state index contributed by atoms with van der Waals surface area (Å²) in [5.74, 6) is -0.483. The largest absolute Gasteiger partial charge is 0.265 e. The number of rotatable bonds is 7. The molecule has 0 N–H and O–H groups in total. The number of hydrogen-bond donors (Lipinski definition) is 0. The smallest absolute Gasteiger partial charge is 0.218 e. The van der Waals surface area contributed by atoms with Crippen LogP contribution >= 0.6 is 0 Å². The van der Waals surface area contributed by atoms with Crippen molar-refractivity contribution >= 4 is 10.0 Å². The van der Waals surface area contributed by atoms with Crippen LogP contribution in [0.5, 0.6) is 0 Å². The Kier molecular flexibility index (Phi) is 5.63. The highest BCUT2D eigenvalue weighted by atomic mass is 32.2. The molecule has 1 aromatic carbocycles. The first-order chi connectivity index (χ1) is 10.5. The van der Waals surface area contributed by atoms with Gasteiger partial charge in [0.15, 0.2) is 0 Å². The van der Waals surface area contributed by atoms with Crippen LogP contribution in [0, 0.1) is 5.82 Å². The number of pyridine rings is 1. The molecule has 0 aliphatic rings. The van der Waals surface area contributed by atoms with Crippen LogP contribution < -0.4 is 0 Å². The SMILES string of the molecule is CCN(CCc1ccncc1)S(=O)(=O)Cc1ccc(F)cc1. The van der Waals surface area contributed by atoms with Gasteiger partial charge < -0.3 is 0 Å². The monoisotopic (exact) mass is 322 g/mol. The van der Waals surface area contributed by atoms with Gasteiger partial charge in [-0.25, -0.2) is 17.1 Å². The maximum Gasteiger partial charge on any atom is 0.218 e. The van der Waals surface area contributed by atoms with Crippen molar-refractivity contribution in [1.29, 1.82) is 0 Å². The predicted octanol–water partition coefficient (Wildman–Crippen LogP) is 2.62. The van der Waals surface area contributed by atoms with Crippen LogP contribution in [0.15, 0.2) is 48.8 Å². The summed E-state index contributed by atoms with van der Waals surface area (Å²) in [6.45, 7) is 2.65. The van der Waals surface area contributed by atoms with Gasteiger partial charge in [0.05, 0.1) is 5.75 Å². The molecule has 0 aliphatic heterocycles. The van der Waals surface area contributed by atoms with Gasteiger partial charge in [0, 0.05) is 25.5 Å². The lowest BCUT2D eigenvalue weighted by molar-refractivity contribution is 0.430. The first-order valence-electron chi connectivity index (χ1n) is 7.12. The zero-order chi connectivity index (χ0) is 16.0. The summed E-state index contributed by atoms with van der Waals surface area (Å²) in [5.41, 5.74) is 1.63. The maximum atomic E-state index is 12.9. The molecular formula is C16H19FN2O2S. The lowest BCUT2D eigenvalue weighted by Crippen LogP contribution is -2.33. The Balaban J connectivity index is 2.03. The highest BCUT2D eigenvalue weighted by Gasteiger charge is 2.20. The second-order valence-electron chi connectivity index (χ2n) is 4.98. The van der Waals surface area contributed by atoms with Crippen molar-refractivity contribution in [2.75, 3.05) is 13.1 Å². The second-order valence-corrected chi connectivity index (χ2v) is 6.95. The standard InChI is InChI=1S/C16H19FN2O2S/c1-2-19(12-9-14-7-10-18-11-8-14)22(20,21)13-15-3-5-16(17)6-4-15/h3-8,10-11H,2,9,12-13H2,1H3. The van der Waals surface area contributed by atoms with Gasteiger partial charge in [-0.05, 0) is 41.8 Å². The minimum Gasteiger partial charge on any atom is -0.265 e. The fourth-order valence-corrected chi connectivity index (χ4v) is 3.74. The van der Waals surface area contributed by atoms with Gasteiger partial charge in [0.25, 0.3) is 0 Å². The third-order valence-corrected chi connectivity index (χ3v) is 5.33. The molecule has 0 saturated carbocycles. The minimum atomic E-state index is -3.41. The fourth-order valence-electron chi connectivity index (χ4n) is 2.18. The molecule has 0 spiro atoms. The van der Waals surface area contributed by atoms with Crippen molar-refractivity contribution in [2.24, 2.45) is 0 Å². The van der Waals surface area contributed by atoms with Gasteiger partial charge in [0.1, 0.15) is 5.82 Å². The van der Waals surface area contributed by atoms with E-state index in [0.717, 1.165) is 5.56 Å². The Hall–Kier alpha value is -1.79. The van der Waals surface area contributed by atoms with Crippen molar-refractivity contribution in [3.63, 3.8) is 0 Å². The molecule has 6 heteroatoms. The average Bonchev–Trinajstić information content (AvgIpc) is 2.51. The molecule has 118 valence electrons. The topological polar surface area (TPSA) is 50.3 Å². The number of likely N-dealkylation sites (N-methyl/N-ethyl adjacent to an activating group) is 1. The number of halogens is 1. The van der Waals surface area contributed by atoms with Crippen molar-refractivity contribution in [3.05, 3.63) is 65.7 Å². The zero-order valence-corrected chi connectivity index (χ0v) is 13.3. The number of sulfonamides is 1. The van der Waals surface area contributed by atoms with E-state index in [0.29, 0.717) is 25.1 Å². The highest BCUT2D eigenvalue weighted by molar-refractivity contribution is 7.88. The van der Waals surface area contributed by atoms with Gasteiger partial charge >= 0.3 is 0 Å². The lowest BCUT2D eigenvalue weighted by atomic mass is 10.2. The summed E-state index contributed by atoms with van der Waals surface area (Å²) in [6, 6.07) is 9.31. The van der Waals surface area contributed by atoms with E-state index in [1.54, 1.807) is 12.4 Å². The van der Waals surface area contributed by atoms with Crippen LogP contribution in [0.2, 0.25) is 0 Å². The van der Waals surface area contributed by atoms with Crippen molar-refractivity contribution in [2.45, 2.75) is 19.1 Å². The van der Waals surface area contributed by atoms with Crippen LogP contribution in [0.25, 0.3) is 0 Å². The Morgan fingerprint density at radius 2 is 1.68 bits per heavy atom. The molecule has 0 saturated heterocycles. The predicted molar refractivity (Wildman–Crippen MR) is 84.2 cm³/mol. The molecule has 0 fully saturated rings. The van der Waals surface area contributed by atoms with E-state index in [1.165, 1.54) is 28.6 Å². The number of benzene rings is 1. The summed E-state index contributed by atoms with van der Waals surface area (Å²) >= 11 is 0. The molecule has 0 radical (unpaired) electrons. The van der Waals surface area contributed by atoms with E-state index >= 15 is 0 Å². The highest BCUT2D eigenvalue weighted by Crippen LogP contribution is 2.12. The summed E-state index contributed by atoms with van der Waals surface area (Å²) in [5, 5.41) is 0. The molecule has 0 aliphatic carbocycles. The quantitative estimate of drug-likeness (QED) is 0.787. The molecule has 0 atom stereocenters. The minimum absolute atomic E-state index is 0.114. The van der Waals surface area contributed by atoms with Crippen LogP contribution in [0.1, 0.15) is 18.1 Å². The summed E-state index contributed by atoms with van der Waals surface area (Å²) in [4.78, 5) is 3.94. The van der Waals surface area contributed by atoms with Gasteiger partial charge in [0.2, 0.25) is 10.0 Å². The van der Waals surface area contributed by atoms with E-state index in [4.69, 9.17) is 0 Å². The Bertz CT molecular complexity index is 688. The maximum absolute atomic E-state index is 12.9. The Morgan fingerprint density at radius 1 is 1.05 bits per heavy atom. The molecule has 22 heavy (non-hydrogen) atoms. The summed E-state index contributed by atoms with van der Waals surface area (Å²) in [6.07, 6.45) is 4.02. The fraction of sp³-hybridized carbons (Fsp3) is 0.312. The second kappa shape index (κ2) is 7.47. The van der Waals surface area contributed by atoms with E-state index < -0.39 is 10.0 Å². The molecule has 0 bridgehead atoms. The van der Waals surface area contributed by atoms with E-state index in [-0.39, 0.29) is 11.6 Å². The Labute approximate surface area is 130 Å².